The molecule has 1 saturated heterocycles. The highest BCUT2D eigenvalue weighted by atomic mass is 16.3. The summed E-state index contributed by atoms with van der Waals surface area (Å²) in [5.41, 5.74) is 9.09. The molecule has 0 amide bonds. The van der Waals surface area contributed by atoms with Crippen LogP contribution in [0.5, 0.6) is 0 Å². The van der Waals surface area contributed by atoms with Crippen LogP contribution in [-0.2, 0) is 0 Å². The number of benzene rings is 1. The van der Waals surface area contributed by atoms with E-state index in [1.54, 1.807) is 0 Å². The summed E-state index contributed by atoms with van der Waals surface area (Å²) in [7, 11) is 0. The van der Waals surface area contributed by atoms with Gasteiger partial charge in [-0.15, -0.1) is 0 Å². The maximum Gasteiger partial charge on any atom is 0.0637 e. The van der Waals surface area contributed by atoms with E-state index in [0.717, 1.165) is 24.3 Å². The van der Waals surface area contributed by atoms with E-state index in [4.69, 9.17) is 5.73 Å². The van der Waals surface area contributed by atoms with Crippen LogP contribution >= 0.6 is 0 Å². The van der Waals surface area contributed by atoms with Gasteiger partial charge in [0.15, 0.2) is 0 Å². The Balaban J connectivity index is 2.30. The second kappa shape index (κ2) is 4.34. The standard InChI is InChI=1S/C13H20N2O/c1-9-3-4-12(11(14)7-9)15-6-5-10(2)13(15)8-16/h3-4,7,10,13,16H,5-6,8,14H2,1-2H3. The van der Waals surface area contributed by atoms with Crippen molar-refractivity contribution >= 4 is 11.4 Å². The summed E-state index contributed by atoms with van der Waals surface area (Å²) in [5.74, 6) is 0.533. The van der Waals surface area contributed by atoms with Gasteiger partial charge in [-0.2, -0.15) is 0 Å². The zero-order chi connectivity index (χ0) is 11.7. The molecule has 0 radical (unpaired) electrons. The predicted molar refractivity (Wildman–Crippen MR) is 67.6 cm³/mol. The molecule has 3 N–H and O–H groups in total. The van der Waals surface area contributed by atoms with Gasteiger partial charge in [0.25, 0.3) is 0 Å². The van der Waals surface area contributed by atoms with Gasteiger partial charge >= 0.3 is 0 Å². The number of aliphatic hydroxyl groups excluding tert-OH is 1. The molecular weight excluding hydrogens is 200 g/mol. The lowest BCUT2D eigenvalue weighted by molar-refractivity contribution is 0.245. The minimum absolute atomic E-state index is 0.203. The van der Waals surface area contributed by atoms with E-state index in [1.807, 2.05) is 13.0 Å². The number of rotatable bonds is 2. The van der Waals surface area contributed by atoms with E-state index < -0.39 is 0 Å². The lowest BCUT2D eigenvalue weighted by Gasteiger charge is -2.28. The maximum atomic E-state index is 9.43. The Morgan fingerprint density at radius 2 is 2.25 bits per heavy atom. The number of nitrogens with zero attached hydrogens (tertiary/aromatic N) is 1. The van der Waals surface area contributed by atoms with Gasteiger partial charge in [-0.05, 0) is 37.0 Å². The molecule has 16 heavy (non-hydrogen) atoms. The number of anilines is 2. The highest BCUT2D eigenvalue weighted by Gasteiger charge is 2.31. The Morgan fingerprint density at radius 3 is 2.88 bits per heavy atom. The van der Waals surface area contributed by atoms with Gasteiger partial charge in [-0.25, -0.2) is 0 Å². The van der Waals surface area contributed by atoms with Crippen molar-refractivity contribution < 1.29 is 5.11 Å². The van der Waals surface area contributed by atoms with Crippen LogP contribution < -0.4 is 10.6 Å². The van der Waals surface area contributed by atoms with Crippen LogP contribution in [0.3, 0.4) is 0 Å². The van der Waals surface area contributed by atoms with E-state index in [-0.39, 0.29) is 12.6 Å². The molecule has 0 bridgehead atoms. The average molecular weight is 220 g/mol. The number of aryl methyl sites for hydroxylation is 1. The Morgan fingerprint density at radius 1 is 1.50 bits per heavy atom. The van der Waals surface area contributed by atoms with Gasteiger partial charge in [0.2, 0.25) is 0 Å². The zero-order valence-electron chi connectivity index (χ0n) is 9.98. The molecule has 0 spiro atoms. The summed E-state index contributed by atoms with van der Waals surface area (Å²) in [4.78, 5) is 2.24. The third-order valence-corrected chi connectivity index (χ3v) is 3.56. The first-order chi connectivity index (χ1) is 7.63. The first-order valence-electron chi connectivity index (χ1n) is 5.87. The second-order valence-electron chi connectivity index (χ2n) is 4.77. The summed E-state index contributed by atoms with van der Waals surface area (Å²) >= 11 is 0. The smallest absolute Gasteiger partial charge is 0.0637 e. The lowest BCUT2D eigenvalue weighted by atomic mass is 10.0. The summed E-state index contributed by atoms with van der Waals surface area (Å²) in [6, 6.07) is 6.34. The van der Waals surface area contributed by atoms with Crippen molar-refractivity contribution in [2.75, 3.05) is 23.8 Å². The first-order valence-corrected chi connectivity index (χ1v) is 5.87. The largest absolute Gasteiger partial charge is 0.397 e. The summed E-state index contributed by atoms with van der Waals surface area (Å²) in [6.07, 6.45) is 1.12. The number of nitrogen functional groups attached to an aromatic ring is 1. The second-order valence-corrected chi connectivity index (χ2v) is 4.77. The van der Waals surface area contributed by atoms with Crippen LogP contribution in [0.25, 0.3) is 0 Å². The quantitative estimate of drug-likeness (QED) is 0.747. The van der Waals surface area contributed by atoms with Crippen LogP contribution in [0.15, 0.2) is 18.2 Å². The molecule has 1 aliphatic rings. The molecule has 3 heteroatoms. The van der Waals surface area contributed by atoms with E-state index in [1.165, 1.54) is 5.56 Å². The molecule has 1 heterocycles. The predicted octanol–water partition coefficient (Wildman–Crippen LogP) is 1.78. The molecule has 0 aliphatic carbocycles. The van der Waals surface area contributed by atoms with E-state index in [9.17, 15) is 5.11 Å². The normalized spacial score (nSPS) is 25.1. The van der Waals surface area contributed by atoms with E-state index in [2.05, 4.69) is 24.0 Å². The number of aliphatic hydroxyl groups is 1. The number of hydrogen-bond acceptors (Lipinski definition) is 3. The van der Waals surface area contributed by atoms with Crippen molar-refractivity contribution in [1.82, 2.24) is 0 Å². The van der Waals surface area contributed by atoms with Crippen LogP contribution in [0.1, 0.15) is 18.9 Å². The van der Waals surface area contributed by atoms with Gasteiger partial charge in [0, 0.05) is 6.54 Å². The fraction of sp³-hybridized carbons (Fsp3) is 0.538. The van der Waals surface area contributed by atoms with E-state index >= 15 is 0 Å². The van der Waals surface area contributed by atoms with Crippen molar-refractivity contribution in [2.24, 2.45) is 5.92 Å². The van der Waals surface area contributed by atoms with Crippen LogP contribution in [-0.4, -0.2) is 24.3 Å². The fourth-order valence-corrected chi connectivity index (χ4v) is 2.52. The third kappa shape index (κ3) is 1.87. The molecule has 0 saturated carbocycles. The van der Waals surface area contributed by atoms with Crippen molar-refractivity contribution in [3.63, 3.8) is 0 Å². The topological polar surface area (TPSA) is 49.5 Å². The third-order valence-electron chi connectivity index (χ3n) is 3.56. The Labute approximate surface area is 96.9 Å². The lowest BCUT2D eigenvalue weighted by Crippen LogP contribution is -2.35. The molecule has 1 aliphatic heterocycles. The molecule has 2 unspecified atom stereocenters. The number of nitrogens with two attached hydrogens (primary N) is 1. The minimum Gasteiger partial charge on any atom is -0.397 e. The molecule has 1 aromatic rings. The summed E-state index contributed by atoms with van der Waals surface area (Å²) in [5, 5.41) is 9.43. The highest BCUT2D eigenvalue weighted by Crippen LogP contribution is 2.33. The molecule has 1 fully saturated rings. The zero-order valence-corrected chi connectivity index (χ0v) is 9.98. The van der Waals surface area contributed by atoms with Gasteiger partial charge < -0.3 is 15.7 Å². The Hall–Kier alpha value is -1.22. The molecule has 3 nitrogen and oxygen atoms in total. The average Bonchev–Trinajstić information content (AvgIpc) is 2.59. The van der Waals surface area contributed by atoms with Crippen LogP contribution in [0, 0.1) is 12.8 Å². The van der Waals surface area contributed by atoms with Crippen LogP contribution in [0.2, 0.25) is 0 Å². The maximum absolute atomic E-state index is 9.43. The molecule has 2 rings (SSSR count). The Bertz CT molecular complexity index is 378. The van der Waals surface area contributed by atoms with Crippen molar-refractivity contribution in [1.29, 1.82) is 0 Å². The van der Waals surface area contributed by atoms with Gasteiger partial charge in [-0.3, -0.25) is 0 Å². The van der Waals surface area contributed by atoms with Crippen LogP contribution in [0.4, 0.5) is 11.4 Å². The monoisotopic (exact) mass is 220 g/mol. The van der Waals surface area contributed by atoms with Gasteiger partial charge in [0.1, 0.15) is 0 Å². The van der Waals surface area contributed by atoms with Crippen molar-refractivity contribution in [3.8, 4) is 0 Å². The van der Waals surface area contributed by atoms with Crippen molar-refractivity contribution in [3.05, 3.63) is 23.8 Å². The van der Waals surface area contributed by atoms with Gasteiger partial charge in [-0.1, -0.05) is 13.0 Å². The SMILES string of the molecule is Cc1ccc(N2CCC(C)C2CO)c(N)c1. The molecule has 2 atom stereocenters. The summed E-state index contributed by atoms with van der Waals surface area (Å²) < 4.78 is 0. The van der Waals surface area contributed by atoms with Crippen molar-refractivity contribution in [2.45, 2.75) is 26.3 Å². The Kier molecular flexibility index (Phi) is 3.06. The summed E-state index contributed by atoms with van der Waals surface area (Å²) in [6.45, 7) is 5.41. The molecule has 1 aromatic carbocycles. The molecule has 88 valence electrons. The first kappa shape index (κ1) is 11.3. The highest BCUT2D eigenvalue weighted by molar-refractivity contribution is 5.69. The van der Waals surface area contributed by atoms with E-state index in [0.29, 0.717) is 5.92 Å². The molecular formula is C13H20N2O. The number of hydrogen-bond donors (Lipinski definition) is 2. The fourth-order valence-electron chi connectivity index (χ4n) is 2.52. The van der Waals surface area contributed by atoms with Gasteiger partial charge in [0.05, 0.1) is 24.0 Å². The minimum atomic E-state index is 0.203. The molecule has 0 aromatic heterocycles.